The highest BCUT2D eigenvalue weighted by atomic mass is 16.2. The fourth-order valence-electron chi connectivity index (χ4n) is 4.56. The van der Waals surface area contributed by atoms with Crippen LogP contribution in [0.15, 0.2) is 48.5 Å². The lowest BCUT2D eigenvalue weighted by molar-refractivity contribution is -0.142. The van der Waals surface area contributed by atoms with Crippen LogP contribution in [-0.2, 0) is 16.0 Å². The second-order valence-electron chi connectivity index (χ2n) is 9.58. The number of nitrogens with zero attached hydrogens (tertiary/aromatic N) is 1. The zero-order valence-corrected chi connectivity index (χ0v) is 19.6. The van der Waals surface area contributed by atoms with E-state index in [0.717, 1.165) is 0 Å². The molecular weight excluding hydrogens is 384 g/mol. The Morgan fingerprint density at radius 1 is 1.00 bits per heavy atom. The molecule has 31 heavy (non-hydrogen) atoms. The molecule has 0 aliphatic carbocycles. The standard InChI is InChI=1S/C27H36N2O2/c1-19(2)25(30)29-15-13-27(14-16-29,26(31)28-20(3)4)18-22-10-8-11-23(17-22)24-12-7-6-9-21(24)5/h6-12,17,19-20H,13-16,18H2,1-5H3,(H,28,31). The number of carbonyl (C=O) groups is 2. The molecule has 4 heteroatoms. The molecule has 1 fully saturated rings. The highest BCUT2D eigenvalue weighted by Gasteiger charge is 2.42. The third kappa shape index (κ3) is 5.36. The SMILES string of the molecule is Cc1ccccc1-c1cccc(CC2(C(=O)NC(C)C)CCN(C(=O)C(C)C)CC2)c1. The molecule has 1 heterocycles. The van der Waals surface area contributed by atoms with Crippen molar-refractivity contribution in [2.45, 2.75) is 59.9 Å². The summed E-state index contributed by atoms with van der Waals surface area (Å²) < 4.78 is 0. The minimum absolute atomic E-state index is 0.0113. The molecule has 2 aromatic carbocycles. The molecule has 0 aromatic heterocycles. The average Bonchev–Trinajstić information content (AvgIpc) is 2.73. The molecule has 0 spiro atoms. The normalized spacial score (nSPS) is 15.9. The maximum Gasteiger partial charge on any atom is 0.226 e. The van der Waals surface area contributed by atoms with Gasteiger partial charge in [-0.3, -0.25) is 9.59 Å². The van der Waals surface area contributed by atoms with Gasteiger partial charge in [-0.15, -0.1) is 0 Å². The molecule has 1 saturated heterocycles. The van der Waals surface area contributed by atoms with Gasteiger partial charge in [-0.25, -0.2) is 0 Å². The molecule has 4 nitrogen and oxygen atoms in total. The highest BCUT2D eigenvalue weighted by molar-refractivity contribution is 5.84. The van der Waals surface area contributed by atoms with Crippen LogP contribution < -0.4 is 5.32 Å². The van der Waals surface area contributed by atoms with Crippen molar-refractivity contribution in [2.75, 3.05) is 13.1 Å². The number of rotatable bonds is 6. The third-order valence-electron chi connectivity index (χ3n) is 6.35. The lowest BCUT2D eigenvalue weighted by atomic mass is 9.72. The Balaban J connectivity index is 1.87. The molecule has 1 aliphatic heterocycles. The summed E-state index contributed by atoms with van der Waals surface area (Å²) in [6.45, 7) is 11.3. The van der Waals surface area contributed by atoms with Gasteiger partial charge in [-0.05, 0) is 62.3 Å². The molecule has 2 amide bonds. The summed E-state index contributed by atoms with van der Waals surface area (Å²) in [5, 5.41) is 3.15. The number of aryl methyl sites for hydroxylation is 1. The van der Waals surface area contributed by atoms with Crippen LogP contribution in [0.4, 0.5) is 0 Å². The molecule has 3 rings (SSSR count). The lowest BCUT2D eigenvalue weighted by Gasteiger charge is -2.41. The molecule has 1 N–H and O–H groups in total. The van der Waals surface area contributed by atoms with Crippen molar-refractivity contribution in [3.8, 4) is 11.1 Å². The fourth-order valence-corrected chi connectivity index (χ4v) is 4.56. The Bertz CT molecular complexity index is 924. The van der Waals surface area contributed by atoms with Gasteiger partial charge in [-0.2, -0.15) is 0 Å². The summed E-state index contributed by atoms with van der Waals surface area (Å²) in [6.07, 6.45) is 2.08. The minimum Gasteiger partial charge on any atom is -0.353 e. The minimum atomic E-state index is -0.484. The summed E-state index contributed by atoms with van der Waals surface area (Å²) in [6, 6.07) is 17.1. The summed E-state index contributed by atoms with van der Waals surface area (Å²) in [5.74, 6) is 0.280. The van der Waals surface area contributed by atoms with E-state index in [2.05, 4.69) is 60.8 Å². The van der Waals surface area contributed by atoms with Crippen LogP contribution >= 0.6 is 0 Å². The monoisotopic (exact) mass is 420 g/mol. The van der Waals surface area contributed by atoms with E-state index in [0.29, 0.717) is 32.4 Å². The number of piperidine rings is 1. The van der Waals surface area contributed by atoms with Gasteiger partial charge in [0.25, 0.3) is 0 Å². The Hall–Kier alpha value is -2.62. The number of benzene rings is 2. The Kier molecular flexibility index (Phi) is 7.19. The summed E-state index contributed by atoms with van der Waals surface area (Å²) in [4.78, 5) is 27.7. The van der Waals surface area contributed by atoms with E-state index in [9.17, 15) is 9.59 Å². The topological polar surface area (TPSA) is 49.4 Å². The summed E-state index contributed by atoms with van der Waals surface area (Å²) in [7, 11) is 0. The van der Waals surface area contributed by atoms with Gasteiger partial charge < -0.3 is 10.2 Å². The van der Waals surface area contributed by atoms with Crippen LogP contribution in [0.5, 0.6) is 0 Å². The van der Waals surface area contributed by atoms with E-state index in [4.69, 9.17) is 0 Å². The molecule has 0 radical (unpaired) electrons. The van der Waals surface area contributed by atoms with Gasteiger partial charge in [-0.1, -0.05) is 62.4 Å². The zero-order chi connectivity index (χ0) is 22.6. The quantitative estimate of drug-likeness (QED) is 0.715. The van der Waals surface area contributed by atoms with Gasteiger partial charge in [0.15, 0.2) is 0 Å². The van der Waals surface area contributed by atoms with Gasteiger partial charge in [0.1, 0.15) is 0 Å². The highest BCUT2D eigenvalue weighted by Crippen LogP contribution is 2.37. The predicted octanol–water partition coefficient (Wildman–Crippen LogP) is 4.99. The van der Waals surface area contributed by atoms with Crippen molar-refractivity contribution in [2.24, 2.45) is 11.3 Å². The molecular formula is C27H36N2O2. The van der Waals surface area contributed by atoms with Gasteiger partial charge in [0.05, 0.1) is 5.41 Å². The molecule has 0 atom stereocenters. The van der Waals surface area contributed by atoms with Crippen molar-refractivity contribution in [1.82, 2.24) is 10.2 Å². The van der Waals surface area contributed by atoms with Crippen molar-refractivity contribution >= 4 is 11.8 Å². The number of nitrogens with one attached hydrogen (secondary N) is 1. The molecule has 0 saturated carbocycles. The van der Waals surface area contributed by atoms with Crippen molar-refractivity contribution in [3.05, 3.63) is 59.7 Å². The number of likely N-dealkylation sites (tertiary alicyclic amines) is 1. The van der Waals surface area contributed by atoms with Crippen molar-refractivity contribution in [1.29, 1.82) is 0 Å². The molecule has 2 aromatic rings. The second kappa shape index (κ2) is 9.67. The van der Waals surface area contributed by atoms with Gasteiger partial charge >= 0.3 is 0 Å². The second-order valence-corrected chi connectivity index (χ2v) is 9.58. The molecule has 1 aliphatic rings. The largest absolute Gasteiger partial charge is 0.353 e. The van der Waals surface area contributed by atoms with Crippen LogP contribution in [0.1, 0.15) is 51.7 Å². The van der Waals surface area contributed by atoms with E-state index in [1.807, 2.05) is 32.6 Å². The van der Waals surface area contributed by atoms with Crippen LogP contribution in [0.2, 0.25) is 0 Å². The maximum atomic E-state index is 13.3. The Labute approximate surface area is 187 Å². The van der Waals surface area contributed by atoms with E-state index >= 15 is 0 Å². The Morgan fingerprint density at radius 3 is 2.29 bits per heavy atom. The smallest absolute Gasteiger partial charge is 0.226 e. The van der Waals surface area contributed by atoms with Gasteiger partial charge in [0, 0.05) is 25.0 Å². The van der Waals surface area contributed by atoms with Crippen LogP contribution in [0.3, 0.4) is 0 Å². The lowest BCUT2D eigenvalue weighted by Crippen LogP contribution is -2.53. The van der Waals surface area contributed by atoms with E-state index in [1.54, 1.807) is 0 Å². The van der Waals surface area contributed by atoms with Crippen LogP contribution in [0, 0.1) is 18.3 Å². The first-order valence-electron chi connectivity index (χ1n) is 11.5. The molecule has 166 valence electrons. The number of carbonyl (C=O) groups excluding carboxylic acids is 2. The van der Waals surface area contributed by atoms with E-state index in [-0.39, 0.29) is 23.8 Å². The zero-order valence-electron chi connectivity index (χ0n) is 19.6. The van der Waals surface area contributed by atoms with E-state index < -0.39 is 5.41 Å². The Morgan fingerprint density at radius 2 is 1.68 bits per heavy atom. The predicted molar refractivity (Wildman–Crippen MR) is 127 cm³/mol. The first kappa shape index (κ1) is 23.1. The number of hydrogen-bond acceptors (Lipinski definition) is 2. The maximum absolute atomic E-state index is 13.3. The number of hydrogen-bond donors (Lipinski definition) is 1. The summed E-state index contributed by atoms with van der Waals surface area (Å²) in [5.41, 5.74) is 4.34. The average molecular weight is 421 g/mol. The van der Waals surface area contributed by atoms with Gasteiger partial charge in [0.2, 0.25) is 11.8 Å². The fraction of sp³-hybridized carbons (Fsp3) is 0.481. The first-order valence-corrected chi connectivity index (χ1v) is 11.5. The molecule has 0 bridgehead atoms. The van der Waals surface area contributed by atoms with E-state index in [1.165, 1.54) is 22.3 Å². The number of amides is 2. The van der Waals surface area contributed by atoms with Crippen LogP contribution in [-0.4, -0.2) is 35.8 Å². The van der Waals surface area contributed by atoms with Crippen molar-refractivity contribution < 1.29 is 9.59 Å². The van der Waals surface area contributed by atoms with Crippen molar-refractivity contribution in [3.63, 3.8) is 0 Å². The first-order chi connectivity index (χ1) is 14.7. The van der Waals surface area contributed by atoms with Crippen LogP contribution in [0.25, 0.3) is 11.1 Å². The third-order valence-corrected chi connectivity index (χ3v) is 6.35. The summed E-state index contributed by atoms with van der Waals surface area (Å²) >= 11 is 0. The molecule has 0 unspecified atom stereocenters.